The third-order valence-electron chi connectivity index (χ3n) is 10.4. The molecule has 0 saturated heterocycles. The largest absolute Gasteiger partial charge is 0.309 e. The molecule has 0 saturated carbocycles. The third-order valence-corrected chi connectivity index (χ3v) is 10.4. The lowest BCUT2D eigenvalue weighted by Gasteiger charge is -2.18. The van der Waals surface area contributed by atoms with Gasteiger partial charge < -0.3 is 4.57 Å². The molecule has 0 aliphatic carbocycles. The average molecular weight is 648 g/mol. The van der Waals surface area contributed by atoms with E-state index in [4.69, 9.17) is 0 Å². The Morgan fingerprint density at radius 2 is 0.667 bits per heavy atom. The summed E-state index contributed by atoms with van der Waals surface area (Å²) in [6.07, 6.45) is 0. The topological polar surface area (TPSA) is 4.93 Å². The zero-order valence-electron chi connectivity index (χ0n) is 28.0. The molecule has 238 valence electrons. The fourth-order valence-corrected chi connectivity index (χ4v) is 8.21. The molecule has 1 heteroatoms. The van der Waals surface area contributed by atoms with Crippen molar-refractivity contribution in [3.63, 3.8) is 0 Å². The van der Waals surface area contributed by atoms with Crippen molar-refractivity contribution in [3.8, 4) is 50.2 Å². The molecule has 0 aliphatic heterocycles. The smallest absolute Gasteiger partial charge is 0.0625 e. The summed E-state index contributed by atoms with van der Waals surface area (Å²) in [5, 5.41) is 7.57. The predicted octanol–water partition coefficient (Wildman–Crippen LogP) is 13.8. The number of nitrogens with zero attached hydrogens (tertiary/aromatic N) is 1. The number of hydrogen-bond donors (Lipinski definition) is 0. The molecule has 1 nitrogen and oxygen atoms in total. The maximum atomic E-state index is 2.47. The molecule has 0 unspecified atom stereocenters. The Labute approximate surface area is 297 Å². The van der Waals surface area contributed by atoms with Gasteiger partial charge in [-0.1, -0.05) is 182 Å². The lowest BCUT2D eigenvalue weighted by molar-refractivity contribution is 1.18. The second-order valence-corrected chi connectivity index (χ2v) is 13.2. The van der Waals surface area contributed by atoms with Gasteiger partial charge in [-0.2, -0.15) is 0 Å². The molecule has 0 amide bonds. The number of fused-ring (bicyclic) bond motifs is 5. The lowest BCUT2D eigenvalue weighted by atomic mass is 9.86. The van der Waals surface area contributed by atoms with Crippen LogP contribution in [0.2, 0.25) is 0 Å². The Hall–Kier alpha value is -6.70. The Balaban J connectivity index is 1.24. The summed E-state index contributed by atoms with van der Waals surface area (Å²) in [6.45, 7) is 0. The van der Waals surface area contributed by atoms with Crippen molar-refractivity contribution in [3.05, 3.63) is 200 Å². The molecule has 9 aromatic carbocycles. The van der Waals surface area contributed by atoms with Crippen molar-refractivity contribution in [2.45, 2.75) is 0 Å². The second-order valence-electron chi connectivity index (χ2n) is 13.2. The fourth-order valence-electron chi connectivity index (χ4n) is 8.21. The zero-order valence-corrected chi connectivity index (χ0v) is 28.0. The minimum atomic E-state index is 1.14. The zero-order chi connectivity index (χ0) is 33.7. The highest BCUT2D eigenvalue weighted by Gasteiger charge is 2.21. The van der Waals surface area contributed by atoms with Gasteiger partial charge in [0.15, 0.2) is 0 Å². The molecule has 1 heterocycles. The van der Waals surface area contributed by atoms with Gasteiger partial charge in [0.25, 0.3) is 0 Å². The van der Waals surface area contributed by atoms with Crippen LogP contribution in [0.1, 0.15) is 0 Å². The van der Waals surface area contributed by atoms with E-state index >= 15 is 0 Å². The van der Waals surface area contributed by atoms with Crippen molar-refractivity contribution in [1.82, 2.24) is 4.57 Å². The van der Waals surface area contributed by atoms with E-state index in [9.17, 15) is 0 Å². The first-order valence-electron chi connectivity index (χ1n) is 17.6. The summed E-state index contributed by atoms with van der Waals surface area (Å²) < 4.78 is 2.47. The normalized spacial score (nSPS) is 11.5. The van der Waals surface area contributed by atoms with Gasteiger partial charge in [-0.3, -0.25) is 0 Å². The molecule has 1 aromatic heterocycles. The molecule has 0 spiro atoms. The summed E-state index contributed by atoms with van der Waals surface area (Å²) in [7, 11) is 0. The number of rotatable bonds is 5. The highest BCUT2D eigenvalue weighted by atomic mass is 15.0. The Morgan fingerprint density at radius 1 is 0.255 bits per heavy atom. The average Bonchev–Trinajstić information content (AvgIpc) is 3.55. The molecule has 10 rings (SSSR count). The van der Waals surface area contributed by atoms with E-state index in [0.717, 1.165) is 5.69 Å². The number of hydrogen-bond acceptors (Lipinski definition) is 0. The van der Waals surface area contributed by atoms with Crippen LogP contribution in [0.15, 0.2) is 200 Å². The van der Waals surface area contributed by atoms with Crippen LogP contribution in [0.5, 0.6) is 0 Å². The minimum absolute atomic E-state index is 1.14. The van der Waals surface area contributed by atoms with Crippen LogP contribution in [0, 0.1) is 0 Å². The first-order valence-corrected chi connectivity index (χ1v) is 17.6. The quantitative estimate of drug-likeness (QED) is 0.164. The molecular weight excluding hydrogens is 615 g/mol. The molecule has 0 N–H and O–H groups in total. The fraction of sp³-hybridized carbons (Fsp3) is 0. The lowest BCUT2D eigenvalue weighted by Crippen LogP contribution is -1.97. The van der Waals surface area contributed by atoms with Crippen molar-refractivity contribution < 1.29 is 0 Å². The van der Waals surface area contributed by atoms with Crippen molar-refractivity contribution in [2.24, 2.45) is 0 Å². The van der Waals surface area contributed by atoms with Gasteiger partial charge in [-0.05, 0) is 78.7 Å². The van der Waals surface area contributed by atoms with Gasteiger partial charge in [-0.25, -0.2) is 0 Å². The van der Waals surface area contributed by atoms with Gasteiger partial charge in [0, 0.05) is 22.0 Å². The summed E-state index contributed by atoms with van der Waals surface area (Å²) in [5.41, 5.74) is 13.5. The van der Waals surface area contributed by atoms with Crippen LogP contribution in [0.3, 0.4) is 0 Å². The Bertz CT molecular complexity index is 2810. The van der Waals surface area contributed by atoms with Crippen molar-refractivity contribution >= 4 is 43.4 Å². The van der Waals surface area contributed by atoms with Crippen LogP contribution in [-0.2, 0) is 0 Å². The van der Waals surface area contributed by atoms with E-state index in [0.29, 0.717) is 0 Å². The molecule has 51 heavy (non-hydrogen) atoms. The molecule has 0 aliphatic rings. The summed E-state index contributed by atoms with van der Waals surface area (Å²) >= 11 is 0. The van der Waals surface area contributed by atoms with Crippen molar-refractivity contribution in [2.75, 3.05) is 0 Å². The second kappa shape index (κ2) is 12.0. The summed E-state index contributed by atoms with van der Waals surface area (Å²) in [6, 6.07) is 72.8. The molecule has 10 aromatic rings. The summed E-state index contributed by atoms with van der Waals surface area (Å²) in [4.78, 5) is 0. The highest BCUT2D eigenvalue weighted by molar-refractivity contribution is 6.21. The molecule has 0 atom stereocenters. The predicted molar refractivity (Wildman–Crippen MR) is 218 cm³/mol. The van der Waals surface area contributed by atoms with Crippen LogP contribution in [0.25, 0.3) is 93.5 Å². The van der Waals surface area contributed by atoms with Gasteiger partial charge in [0.2, 0.25) is 0 Å². The maximum Gasteiger partial charge on any atom is 0.0625 e. The van der Waals surface area contributed by atoms with E-state index < -0.39 is 0 Å². The maximum absolute atomic E-state index is 2.47. The number of aromatic nitrogens is 1. The van der Waals surface area contributed by atoms with E-state index in [2.05, 4.69) is 205 Å². The SMILES string of the molecule is c1ccc(-c2ccc3c4ccccc4n(-c4ccc(-c5c6ccccc6c(-c6ccccc6)c6ccccc56)cc4)c3c2-c2ccccc2)cc1. The Kier molecular flexibility index (Phi) is 6.89. The van der Waals surface area contributed by atoms with Gasteiger partial charge >= 0.3 is 0 Å². The standard InChI is InChI=1S/C50H33N/c1-4-16-34(17-5-1)39-32-33-45-40-22-14-15-27-46(40)51(50(45)49(39)36-20-8-3-9-21-36)38-30-28-37(29-31-38)48-43-25-12-10-23-41(43)47(35-18-6-2-7-19-35)42-24-11-13-26-44(42)48/h1-33H. The van der Waals surface area contributed by atoms with Crippen LogP contribution < -0.4 is 0 Å². The van der Waals surface area contributed by atoms with E-state index in [1.54, 1.807) is 0 Å². The first kappa shape index (κ1) is 29.2. The highest BCUT2D eigenvalue weighted by Crippen LogP contribution is 2.46. The van der Waals surface area contributed by atoms with Crippen LogP contribution >= 0.6 is 0 Å². The monoisotopic (exact) mass is 647 g/mol. The minimum Gasteiger partial charge on any atom is -0.309 e. The molecular formula is C50H33N. The van der Waals surface area contributed by atoms with Gasteiger partial charge in [0.1, 0.15) is 0 Å². The molecule has 0 bridgehead atoms. The van der Waals surface area contributed by atoms with E-state index in [1.807, 2.05) is 0 Å². The van der Waals surface area contributed by atoms with Crippen molar-refractivity contribution in [1.29, 1.82) is 0 Å². The van der Waals surface area contributed by atoms with Crippen LogP contribution in [-0.4, -0.2) is 4.57 Å². The molecule has 0 fully saturated rings. The van der Waals surface area contributed by atoms with E-state index in [-0.39, 0.29) is 0 Å². The number of para-hydroxylation sites is 1. The third kappa shape index (κ3) is 4.70. The molecule has 0 radical (unpaired) electrons. The first-order chi connectivity index (χ1) is 25.3. The Morgan fingerprint density at radius 3 is 1.20 bits per heavy atom. The van der Waals surface area contributed by atoms with Crippen LogP contribution in [0.4, 0.5) is 0 Å². The van der Waals surface area contributed by atoms with Gasteiger partial charge in [0.05, 0.1) is 11.0 Å². The van der Waals surface area contributed by atoms with E-state index in [1.165, 1.54) is 87.9 Å². The summed E-state index contributed by atoms with van der Waals surface area (Å²) in [5.74, 6) is 0. The number of benzene rings is 9. The van der Waals surface area contributed by atoms with Gasteiger partial charge in [-0.15, -0.1) is 0 Å².